The van der Waals surface area contributed by atoms with Crippen LogP contribution in [0.2, 0.25) is 0 Å². The lowest BCUT2D eigenvalue weighted by Crippen LogP contribution is -2.56. The molecule has 66 valence electrons. The summed E-state index contributed by atoms with van der Waals surface area (Å²) >= 11 is 0. The van der Waals surface area contributed by atoms with E-state index < -0.39 is 11.5 Å². The van der Waals surface area contributed by atoms with Crippen molar-refractivity contribution in [2.45, 2.75) is 24.8 Å². The highest BCUT2D eigenvalue weighted by molar-refractivity contribution is 5.85. The second-order valence-corrected chi connectivity index (χ2v) is 3.08. The maximum atomic E-state index is 10.7. The lowest BCUT2D eigenvalue weighted by molar-refractivity contribution is -0.155. The van der Waals surface area contributed by atoms with Gasteiger partial charge in [-0.2, -0.15) is 0 Å². The van der Waals surface area contributed by atoms with Crippen LogP contribution in [0.15, 0.2) is 0 Å². The second kappa shape index (κ2) is 3.41. The zero-order valence-corrected chi connectivity index (χ0v) is 7.65. The van der Waals surface area contributed by atoms with Gasteiger partial charge in [-0.1, -0.05) is 0 Å². The molecule has 0 aromatic heterocycles. The highest BCUT2D eigenvalue weighted by Crippen LogP contribution is 2.35. The molecule has 11 heavy (non-hydrogen) atoms. The molecule has 0 aliphatic heterocycles. The smallest absolute Gasteiger partial charge is 0.324 e. The maximum absolute atomic E-state index is 10.7. The van der Waals surface area contributed by atoms with Crippen LogP contribution in [0.25, 0.3) is 0 Å². The predicted octanol–water partition coefficient (Wildman–Crippen LogP) is 0.977. The molecule has 0 atom stereocenters. The van der Waals surface area contributed by atoms with Crippen molar-refractivity contribution < 1.29 is 9.90 Å². The van der Waals surface area contributed by atoms with Crippen LogP contribution >= 0.6 is 12.4 Å². The van der Waals surface area contributed by atoms with E-state index in [-0.39, 0.29) is 12.4 Å². The summed E-state index contributed by atoms with van der Waals surface area (Å²) in [5, 5.41) is 8.81. The number of aliphatic carboxylic acids is 1. The number of carbonyl (C=O) groups is 1. The van der Waals surface area contributed by atoms with Crippen molar-refractivity contribution in [3.8, 4) is 0 Å². The van der Waals surface area contributed by atoms with Gasteiger partial charge in [-0.3, -0.25) is 9.69 Å². The summed E-state index contributed by atoms with van der Waals surface area (Å²) in [7, 11) is 3.65. The Bertz CT molecular complexity index is 155. The molecule has 0 saturated heterocycles. The highest BCUT2D eigenvalue weighted by atomic mass is 35.5. The normalized spacial score (nSPS) is 20.3. The van der Waals surface area contributed by atoms with E-state index in [1.54, 1.807) is 4.90 Å². The average Bonchev–Trinajstić information content (AvgIpc) is 1.57. The topological polar surface area (TPSA) is 40.5 Å². The van der Waals surface area contributed by atoms with Crippen LogP contribution in [0.1, 0.15) is 19.3 Å². The minimum absolute atomic E-state index is 0. The maximum Gasteiger partial charge on any atom is 0.324 e. The number of carboxylic acids is 1. The summed E-state index contributed by atoms with van der Waals surface area (Å²) in [4.78, 5) is 12.5. The van der Waals surface area contributed by atoms with Gasteiger partial charge in [0.15, 0.2) is 0 Å². The van der Waals surface area contributed by atoms with E-state index in [2.05, 4.69) is 0 Å². The van der Waals surface area contributed by atoms with E-state index in [0.29, 0.717) is 0 Å². The molecule has 0 aromatic rings. The molecular formula is C7H14ClNO2. The third-order valence-corrected chi connectivity index (χ3v) is 2.43. The van der Waals surface area contributed by atoms with E-state index in [4.69, 9.17) is 5.11 Å². The van der Waals surface area contributed by atoms with Gasteiger partial charge in [0.1, 0.15) is 5.54 Å². The van der Waals surface area contributed by atoms with Crippen molar-refractivity contribution in [2.75, 3.05) is 14.1 Å². The van der Waals surface area contributed by atoms with Crippen molar-refractivity contribution in [1.29, 1.82) is 0 Å². The third kappa shape index (κ3) is 1.49. The molecule has 1 fully saturated rings. The van der Waals surface area contributed by atoms with E-state index in [0.717, 1.165) is 19.3 Å². The Morgan fingerprint density at radius 3 is 1.91 bits per heavy atom. The third-order valence-electron chi connectivity index (χ3n) is 2.43. The van der Waals surface area contributed by atoms with Crippen LogP contribution < -0.4 is 0 Å². The summed E-state index contributed by atoms with van der Waals surface area (Å²) in [6.45, 7) is 0. The Labute approximate surface area is 72.8 Å². The molecule has 1 aliphatic rings. The minimum atomic E-state index is -0.677. The fourth-order valence-corrected chi connectivity index (χ4v) is 1.36. The van der Waals surface area contributed by atoms with Gasteiger partial charge in [0.25, 0.3) is 0 Å². The van der Waals surface area contributed by atoms with E-state index >= 15 is 0 Å². The molecule has 0 aromatic carbocycles. The highest BCUT2D eigenvalue weighted by Gasteiger charge is 2.46. The van der Waals surface area contributed by atoms with Crippen LogP contribution in [0, 0.1) is 0 Å². The molecule has 3 nitrogen and oxygen atoms in total. The standard InChI is InChI=1S/C7H13NO2.ClH/c1-8(2)7(6(9)10)4-3-5-7;/h3-5H2,1-2H3,(H,9,10);1H. The Morgan fingerprint density at radius 2 is 1.91 bits per heavy atom. The molecule has 0 amide bonds. The molecule has 0 radical (unpaired) electrons. The number of carboxylic acid groups (broad SMARTS) is 1. The lowest BCUT2D eigenvalue weighted by Gasteiger charge is -2.43. The van der Waals surface area contributed by atoms with Gasteiger partial charge in [-0.25, -0.2) is 0 Å². The monoisotopic (exact) mass is 179 g/mol. The Kier molecular flexibility index (Phi) is 3.32. The largest absolute Gasteiger partial charge is 0.480 e. The van der Waals surface area contributed by atoms with Crippen LogP contribution in [0.5, 0.6) is 0 Å². The van der Waals surface area contributed by atoms with Gasteiger partial charge in [0.2, 0.25) is 0 Å². The number of nitrogens with zero attached hydrogens (tertiary/aromatic N) is 1. The quantitative estimate of drug-likeness (QED) is 0.687. The molecule has 0 heterocycles. The Morgan fingerprint density at radius 1 is 1.45 bits per heavy atom. The van der Waals surface area contributed by atoms with E-state index in [1.807, 2.05) is 14.1 Å². The minimum Gasteiger partial charge on any atom is -0.480 e. The zero-order chi connectivity index (χ0) is 7.78. The van der Waals surface area contributed by atoms with Crippen LogP contribution in [-0.2, 0) is 4.79 Å². The van der Waals surface area contributed by atoms with Crippen molar-refractivity contribution >= 4 is 18.4 Å². The first-order valence-electron chi connectivity index (χ1n) is 3.50. The van der Waals surface area contributed by atoms with Crippen molar-refractivity contribution in [2.24, 2.45) is 0 Å². The molecule has 1 rings (SSSR count). The molecule has 0 unspecified atom stereocenters. The Balaban J connectivity index is 0.000001000. The van der Waals surface area contributed by atoms with Gasteiger partial charge in [-0.05, 0) is 33.4 Å². The Hall–Kier alpha value is -0.280. The summed E-state index contributed by atoms with van der Waals surface area (Å²) in [5.41, 5.74) is -0.528. The molecule has 1 N–H and O–H groups in total. The van der Waals surface area contributed by atoms with Gasteiger partial charge in [-0.15, -0.1) is 12.4 Å². The van der Waals surface area contributed by atoms with Crippen LogP contribution in [-0.4, -0.2) is 35.6 Å². The van der Waals surface area contributed by atoms with Crippen molar-refractivity contribution in [3.05, 3.63) is 0 Å². The molecule has 0 bridgehead atoms. The zero-order valence-electron chi connectivity index (χ0n) is 6.83. The van der Waals surface area contributed by atoms with Crippen molar-refractivity contribution in [3.63, 3.8) is 0 Å². The average molecular weight is 180 g/mol. The molecule has 1 aliphatic carbocycles. The first kappa shape index (κ1) is 10.7. The first-order valence-corrected chi connectivity index (χ1v) is 3.50. The molecule has 4 heteroatoms. The van der Waals surface area contributed by atoms with E-state index in [9.17, 15) is 4.79 Å². The van der Waals surface area contributed by atoms with Crippen molar-refractivity contribution in [1.82, 2.24) is 4.90 Å². The number of rotatable bonds is 2. The number of halogens is 1. The number of hydrogen-bond donors (Lipinski definition) is 1. The van der Waals surface area contributed by atoms with Crippen LogP contribution in [0.4, 0.5) is 0 Å². The number of hydrogen-bond acceptors (Lipinski definition) is 2. The molecular weight excluding hydrogens is 166 g/mol. The second-order valence-electron chi connectivity index (χ2n) is 3.08. The van der Waals surface area contributed by atoms with Gasteiger partial charge >= 0.3 is 5.97 Å². The summed E-state index contributed by atoms with van der Waals surface area (Å²) in [5.74, 6) is -0.677. The summed E-state index contributed by atoms with van der Waals surface area (Å²) in [6.07, 6.45) is 2.65. The predicted molar refractivity (Wildman–Crippen MR) is 45.2 cm³/mol. The molecule has 1 saturated carbocycles. The fraction of sp³-hybridized carbons (Fsp3) is 0.857. The number of likely N-dealkylation sites (N-methyl/N-ethyl adjacent to an activating group) is 1. The summed E-state index contributed by atoms with van der Waals surface area (Å²) < 4.78 is 0. The van der Waals surface area contributed by atoms with Gasteiger partial charge in [0, 0.05) is 0 Å². The van der Waals surface area contributed by atoms with Crippen LogP contribution in [0.3, 0.4) is 0 Å². The SMILES string of the molecule is CN(C)C1(C(=O)O)CCC1.Cl. The summed E-state index contributed by atoms with van der Waals surface area (Å²) in [6, 6.07) is 0. The van der Waals surface area contributed by atoms with E-state index in [1.165, 1.54) is 0 Å². The van der Waals surface area contributed by atoms with Gasteiger partial charge < -0.3 is 5.11 Å². The first-order chi connectivity index (χ1) is 4.59. The lowest BCUT2D eigenvalue weighted by atomic mass is 9.76. The van der Waals surface area contributed by atoms with Gasteiger partial charge in [0.05, 0.1) is 0 Å². The fourth-order valence-electron chi connectivity index (χ4n) is 1.36. The molecule has 0 spiro atoms.